The lowest BCUT2D eigenvalue weighted by molar-refractivity contribution is -0.137. The minimum absolute atomic E-state index is 0.0286. The van der Waals surface area contributed by atoms with Gasteiger partial charge in [-0.15, -0.1) is 11.3 Å². The van der Waals surface area contributed by atoms with Gasteiger partial charge in [-0.2, -0.15) is 0 Å². The van der Waals surface area contributed by atoms with Gasteiger partial charge in [-0.25, -0.2) is 4.98 Å². The van der Waals surface area contributed by atoms with Crippen molar-refractivity contribution in [1.29, 1.82) is 0 Å². The molecule has 0 radical (unpaired) electrons. The number of amides is 2. The Hall–Kier alpha value is -2.87. The van der Waals surface area contributed by atoms with Crippen molar-refractivity contribution in [3.8, 4) is 5.75 Å². The third kappa shape index (κ3) is 3.77. The molecule has 32 heavy (non-hydrogen) atoms. The van der Waals surface area contributed by atoms with Crippen LogP contribution in [-0.2, 0) is 16.0 Å². The van der Waals surface area contributed by atoms with Crippen LogP contribution in [-0.4, -0.2) is 47.4 Å². The second kappa shape index (κ2) is 8.94. The summed E-state index contributed by atoms with van der Waals surface area (Å²) in [5.41, 5.74) is 2.42. The van der Waals surface area contributed by atoms with Gasteiger partial charge in [0.1, 0.15) is 5.75 Å². The first-order chi connectivity index (χ1) is 15.7. The zero-order chi connectivity index (χ0) is 22.1. The van der Waals surface area contributed by atoms with Crippen molar-refractivity contribution >= 4 is 23.2 Å². The van der Waals surface area contributed by atoms with Crippen LogP contribution in [0.1, 0.15) is 48.7 Å². The molecule has 8 heteroatoms. The molecule has 2 N–H and O–H groups in total. The molecule has 2 amide bonds. The summed E-state index contributed by atoms with van der Waals surface area (Å²) in [5, 5.41) is 9.52. The Kier molecular flexibility index (Phi) is 5.87. The number of hydrogen-bond donors (Lipinski definition) is 2. The summed E-state index contributed by atoms with van der Waals surface area (Å²) in [6, 6.07) is 7.43. The Morgan fingerprint density at radius 3 is 2.94 bits per heavy atom. The smallest absolute Gasteiger partial charge is 0.251 e. The summed E-state index contributed by atoms with van der Waals surface area (Å²) in [7, 11) is 1.63. The van der Waals surface area contributed by atoms with Crippen molar-refractivity contribution in [3.63, 3.8) is 0 Å². The molecule has 0 spiro atoms. The maximum absolute atomic E-state index is 13.9. The molecular formula is C24H28N4O3S. The van der Waals surface area contributed by atoms with Gasteiger partial charge in [0.15, 0.2) is 0 Å². The average molecular weight is 453 g/mol. The molecule has 1 aliphatic carbocycles. The SMILES string of the molecule is COc1ccccc1[C@@H]1C2=C(CNC2=O)NC2CCCCC2N1C(=O)CCc1nccs1. The maximum Gasteiger partial charge on any atom is 0.251 e. The third-order valence-corrected chi connectivity index (χ3v) is 7.59. The van der Waals surface area contributed by atoms with Gasteiger partial charge in [0, 0.05) is 41.7 Å². The fraction of sp³-hybridized carbons (Fsp3) is 0.458. The molecule has 2 unspecified atom stereocenters. The Bertz CT molecular complexity index is 1040. The molecule has 2 aromatic rings. The van der Waals surface area contributed by atoms with Gasteiger partial charge in [-0.3, -0.25) is 9.59 Å². The number of fused-ring (bicyclic) bond motifs is 1. The first-order valence-electron chi connectivity index (χ1n) is 11.3. The van der Waals surface area contributed by atoms with Crippen LogP contribution < -0.4 is 15.4 Å². The van der Waals surface area contributed by atoms with Crippen LogP contribution in [0.5, 0.6) is 5.75 Å². The Morgan fingerprint density at radius 1 is 1.28 bits per heavy atom. The van der Waals surface area contributed by atoms with Crippen LogP contribution >= 0.6 is 11.3 Å². The van der Waals surface area contributed by atoms with E-state index in [9.17, 15) is 9.59 Å². The van der Waals surface area contributed by atoms with Crippen molar-refractivity contribution in [1.82, 2.24) is 20.5 Å². The van der Waals surface area contributed by atoms with Crippen molar-refractivity contribution in [3.05, 3.63) is 57.7 Å². The topological polar surface area (TPSA) is 83.6 Å². The van der Waals surface area contributed by atoms with Crippen LogP contribution in [0.3, 0.4) is 0 Å². The van der Waals surface area contributed by atoms with Crippen molar-refractivity contribution in [2.24, 2.45) is 0 Å². The summed E-state index contributed by atoms with van der Waals surface area (Å²) in [6.07, 6.45) is 6.86. The number of carbonyl (C=O) groups excluding carboxylic acids is 2. The van der Waals surface area contributed by atoms with Gasteiger partial charge in [0.25, 0.3) is 5.91 Å². The van der Waals surface area contributed by atoms with E-state index in [4.69, 9.17) is 4.74 Å². The molecule has 3 aliphatic rings. The van der Waals surface area contributed by atoms with Crippen LogP contribution in [0.25, 0.3) is 0 Å². The first-order valence-corrected chi connectivity index (χ1v) is 12.2. The second-order valence-electron chi connectivity index (χ2n) is 8.55. The lowest BCUT2D eigenvalue weighted by Gasteiger charge is -2.43. The summed E-state index contributed by atoms with van der Waals surface area (Å²) in [6.45, 7) is 0.476. The van der Waals surface area contributed by atoms with E-state index in [0.717, 1.165) is 42.0 Å². The van der Waals surface area contributed by atoms with Crippen molar-refractivity contribution in [2.45, 2.75) is 56.7 Å². The molecule has 1 aromatic carbocycles. The lowest BCUT2D eigenvalue weighted by Crippen LogP contribution is -2.53. The maximum atomic E-state index is 13.9. The monoisotopic (exact) mass is 452 g/mol. The second-order valence-corrected chi connectivity index (χ2v) is 9.53. The molecule has 1 saturated carbocycles. The highest BCUT2D eigenvalue weighted by molar-refractivity contribution is 7.09. The Morgan fingerprint density at radius 2 is 2.12 bits per heavy atom. The number of para-hydroxylation sites is 1. The molecule has 1 fully saturated rings. The highest BCUT2D eigenvalue weighted by atomic mass is 32.1. The number of ether oxygens (including phenoxy) is 1. The predicted molar refractivity (Wildman–Crippen MR) is 122 cm³/mol. The number of thiazole rings is 1. The third-order valence-electron chi connectivity index (χ3n) is 6.75. The van der Waals surface area contributed by atoms with Gasteiger partial charge in [-0.1, -0.05) is 31.0 Å². The zero-order valence-corrected chi connectivity index (χ0v) is 19.0. The highest BCUT2D eigenvalue weighted by Crippen LogP contribution is 2.43. The normalized spacial score (nSPS) is 24.8. The molecule has 3 atom stereocenters. The number of benzene rings is 1. The number of methoxy groups -OCH3 is 1. The number of nitrogens with one attached hydrogen (secondary N) is 2. The molecule has 0 saturated heterocycles. The van der Waals surface area contributed by atoms with Gasteiger partial charge in [0.05, 0.1) is 36.3 Å². The van der Waals surface area contributed by atoms with Crippen LogP contribution in [0.15, 0.2) is 47.1 Å². The van der Waals surface area contributed by atoms with Crippen LogP contribution in [0, 0.1) is 0 Å². The van der Waals surface area contributed by atoms with E-state index in [1.807, 2.05) is 34.5 Å². The molecule has 7 nitrogen and oxygen atoms in total. The number of rotatable bonds is 5. The fourth-order valence-corrected chi connectivity index (χ4v) is 5.95. The average Bonchev–Trinajstić information content (AvgIpc) is 3.43. The summed E-state index contributed by atoms with van der Waals surface area (Å²) >= 11 is 1.57. The van der Waals surface area contributed by atoms with E-state index in [2.05, 4.69) is 15.6 Å². The van der Waals surface area contributed by atoms with Crippen molar-refractivity contribution in [2.75, 3.05) is 13.7 Å². The minimum Gasteiger partial charge on any atom is -0.496 e. The molecule has 3 heterocycles. The molecule has 168 valence electrons. The summed E-state index contributed by atoms with van der Waals surface area (Å²) in [4.78, 5) is 33.3. The predicted octanol–water partition coefficient (Wildman–Crippen LogP) is 2.95. The van der Waals surface area contributed by atoms with E-state index in [1.165, 1.54) is 0 Å². The molecular weight excluding hydrogens is 424 g/mol. The summed E-state index contributed by atoms with van der Waals surface area (Å²) < 4.78 is 5.69. The van der Waals surface area contributed by atoms with Crippen molar-refractivity contribution < 1.29 is 14.3 Å². The standard InChI is InChI=1S/C24H28N4O3S/c1-31-19-9-5-2-6-15(19)23-22-17(14-26-24(22)30)27-16-7-3-4-8-18(16)28(23)21(29)11-10-20-25-12-13-32-20/h2,5-6,9,12-13,16,18,23,27H,3-4,7-8,10-11,14H2,1H3,(H,26,30)/t16?,18?,23-/m1/s1. The zero-order valence-electron chi connectivity index (χ0n) is 18.2. The Labute approximate surface area is 191 Å². The van der Waals surface area contributed by atoms with Gasteiger partial charge < -0.3 is 20.3 Å². The molecule has 5 rings (SSSR count). The minimum atomic E-state index is -0.479. The molecule has 0 bridgehead atoms. The number of carbonyl (C=O) groups is 2. The van der Waals surface area contributed by atoms with E-state index in [-0.39, 0.29) is 23.9 Å². The van der Waals surface area contributed by atoms with Gasteiger partial charge in [0.2, 0.25) is 5.91 Å². The fourth-order valence-electron chi connectivity index (χ4n) is 5.33. The largest absolute Gasteiger partial charge is 0.496 e. The van der Waals surface area contributed by atoms with E-state index >= 15 is 0 Å². The number of aryl methyl sites for hydroxylation is 1. The van der Waals surface area contributed by atoms with E-state index in [0.29, 0.717) is 30.7 Å². The number of aromatic nitrogens is 1. The molecule has 2 aliphatic heterocycles. The summed E-state index contributed by atoms with van der Waals surface area (Å²) in [5.74, 6) is 0.638. The van der Waals surface area contributed by atoms with Crippen LogP contribution in [0.2, 0.25) is 0 Å². The van der Waals surface area contributed by atoms with Gasteiger partial charge >= 0.3 is 0 Å². The van der Waals surface area contributed by atoms with Crippen LogP contribution in [0.4, 0.5) is 0 Å². The highest BCUT2D eigenvalue weighted by Gasteiger charge is 2.46. The lowest BCUT2D eigenvalue weighted by atomic mass is 9.87. The van der Waals surface area contributed by atoms with E-state index < -0.39 is 6.04 Å². The number of nitrogens with zero attached hydrogens (tertiary/aromatic N) is 2. The molecule has 1 aromatic heterocycles. The first kappa shape index (κ1) is 21.0. The van der Waals surface area contributed by atoms with E-state index in [1.54, 1.807) is 24.6 Å². The quantitative estimate of drug-likeness (QED) is 0.729. The number of hydrogen-bond acceptors (Lipinski definition) is 6. The Balaban J connectivity index is 1.60. The van der Waals surface area contributed by atoms with Gasteiger partial charge in [-0.05, 0) is 18.9 Å².